The molecule has 0 fully saturated rings. The topological polar surface area (TPSA) is 85.7 Å². The molecule has 1 aliphatic rings. The van der Waals surface area contributed by atoms with Gasteiger partial charge in [-0.15, -0.1) is 0 Å². The summed E-state index contributed by atoms with van der Waals surface area (Å²) < 4.78 is 27.7. The minimum Gasteiger partial charge on any atom is -0.376 e. The average Bonchev–Trinajstić information content (AvgIpc) is 2.72. The summed E-state index contributed by atoms with van der Waals surface area (Å²) in [6, 6.07) is 8.01. The van der Waals surface area contributed by atoms with E-state index in [2.05, 4.69) is 32.3 Å². The zero-order chi connectivity index (χ0) is 20.7. The molecule has 2 aromatic carbocycles. The lowest BCUT2D eigenvalue weighted by molar-refractivity contribution is 0.502. The van der Waals surface area contributed by atoms with Crippen LogP contribution in [0.4, 0.5) is 14.5 Å². The second kappa shape index (κ2) is 7.08. The number of rotatable bonds is 3. The van der Waals surface area contributed by atoms with Gasteiger partial charge in [-0.1, -0.05) is 12.1 Å². The van der Waals surface area contributed by atoms with Crippen molar-refractivity contribution < 1.29 is 8.78 Å². The van der Waals surface area contributed by atoms with Crippen LogP contribution < -0.4 is 10.9 Å². The van der Waals surface area contributed by atoms with Crippen LogP contribution in [0.5, 0.6) is 0 Å². The van der Waals surface area contributed by atoms with Crippen molar-refractivity contribution >= 4 is 29.0 Å². The molecule has 1 aliphatic heterocycles. The number of H-pyrrole nitrogens is 1. The number of halogens is 2. The van der Waals surface area contributed by atoms with Crippen LogP contribution >= 0.6 is 0 Å². The van der Waals surface area contributed by atoms with Crippen LogP contribution in [0.2, 0.25) is 0 Å². The van der Waals surface area contributed by atoms with Crippen LogP contribution in [0.3, 0.4) is 0 Å². The number of aromatic amines is 1. The molecule has 0 saturated heterocycles. The summed E-state index contributed by atoms with van der Waals surface area (Å²) in [7, 11) is 3.31. The highest BCUT2D eigenvalue weighted by molar-refractivity contribution is 6.02. The highest BCUT2D eigenvalue weighted by Gasteiger charge is 2.38. The Morgan fingerprint density at radius 3 is 2.59 bits per heavy atom. The Bertz CT molecular complexity index is 1190. The predicted molar refractivity (Wildman–Crippen MR) is 108 cm³/mol. The van der Waals surface area contributed by atoms with Gasteiger partial charge >= 0.3 is 0 Å². The number of hydrogen-bond donors (Lipinski definition) is 2. The van der Waals surface area contributed by atoms with E-state index in [9.17, 15) is 13.6 Å². The van der Waals surface area contributed by atoms with Gasteiger partial charge in [0.15, 0.2) is 0 Å². The van der Waals surface area contributed by atoms with E-state index in [1.54, 1.807) is 26.2 Å². The van der Waals surface area contributed by atoms with Gasteiger partial charge in [-0.2, -0.15) is 10.2 Å². The zero-order valence-electron chi connectivity index (χ0n) is 15.8. The molecule has 0 unspecified atom stereocenters. The standard InChI is InChI=1S/C20H18F2N6O/c1-23-19(28(3)24-2)16-17(10-4-6-11(21)7-5-10)25-14-9-12(22)8-13-15(14)18(16)26-27-20(13)29/h4-9,16-17,25H,2H2,1,3H3,(H,27,29)/t16-,17-/m1/s1. The molecule has 148 valence electrons. The fourth-order valence-electron chi connectivity index (χ4n) is 3.81. The Morgan fingerprint density at radius 2 is 1.93 bits per heavy atom. The van der Waals surface area contributed by atoms with Crippen LogP contribution in [0, 0.1) is 11.6 Å². The summed E-state index contributed by atoms with van der Waals surface area (Å²) in [6.45, 7) is 3.55. The van der Waals surface area contributed by atoms with Crippen molar-refractivity contribution in [2.75, 3.05) is 19.4 Å². The highest BCUT2D eigenvalue weighted by Crippen LogP contribution is 2.44. The van der Waals surface area contributed by atoms with E-state index < -0.39 is 23.3 Å². The number of nitrogens with one attached hydrogen (secondary N) is 2. The van der Waals surface area contributed by atoms with Gasteiger partial charge < -0.3 is 5.32 Å². The first-order chi connectivity index (χ1) is 13.9. The average molecular weight is 396 g/mol. The lowest BCUT2D eigenvalue weighted by Gasteiger charge is -2.36. The molecular weight excluding hydrogens is 378 g/mol. The van der Waals surface area contributed by atoms with Gasteiger partial charge in [0.2, 0.25) is 0 Å². The van der Waals surface area contributed by atoms with E-state index in [1.165, 1.54) is 29.3 Å². The minimum atomic E-state index is -0.548. The summed E-state index contributed by atoms with van der Waals surface area (Å²) >= 11 is 0. The van der Waals surface area contributed by atoms with Gasteiger partial charge in [-0.3, -0.25) is 14.8 Å². The smallest absolute Gasteiger partial charge is 0.272 e. The molecule has 0 radical (unpaired) electrons. The quantitative estimate of drug-likeness (QED) is 0.405. The van der Waals surface area contributed by atoms with Crippen molar-refractivity contribution in [3.63, 3.8) is 0 Å². The lowest BCUT2D eigenvalue weighted by Crippen LogP contribution is -2.37. The molecular formula is C20H18F2N6O. The number of nitrogens with zero attached hydrogens (tertiary/aromatic N) is 4. The Labute approximate surface area is 164 Å². The molecule has 2 atom stereocenters. The monoisotopic (exact) mass is 396 g/mol. The molecule has 0 aliphatic carbocycles. The number of anilines is 1. The Morgan fingerprint density at radius 1 is 1.21 bits per heavy atom. The fraction of sp³-hybridized carbons (Fsp3) is 0.200. The zero-order valence-corrected chi connectivity index (χ0v) is 15.8. The summed E-state index contributed by atoms with van der Waals surface area (Å²) in [5, 5.41) is 16.2. The second-order valence-electron chi connectivity index (χ2n) is 6.71. The molecule has 2 N–H and O–H groups in total. The van der Waals surface area contributed by atoms with Crippen molar-refractivity contribution in [1.29, 1.82) is 0 Å². The maximum atomic E-state index is 14.2. The van der Waals surface area contributed by atoms with E-state index >= 15 is 0 Å². The van der Waals surface area contributed by atoms with Gasteiger partial charge in [0.1, 0.15) is 17.5 Å². The third-order valence-corrected chi connectivity index (χ3v) is 5.10. The van der Waals surface area contributed by atoms with E-state index in [4.69, 9.17) is 0 Å². The van der Waals surface area contributed by atoms with Crippen LogP contribution in [-0.2, 0) is 0 Å². The van der Waals surface area contributed by atoms with Crippen molar-refractivity contribution in [2.45, 2.75) is 12.0 Å². The number of benzene rings is 2. The first kappa shape index (κ1) is 18.7. The molecule has 1 aromatic heterocycles. The van der Waals surface area contributed by atoms with Crippen molar-refractivity contribution in [3.05, 3.63) is 69.6 Å². The molecule has 3 aromatic rings. The number of amidine groups is 1. The molecule has 2 heterocycles. The van der Waals surface area contributed by atoms with E-state index in [-0.39, 0.29) is 11.2 Å². The highest BCUT2D eigenvalue weighted by atomic mass is 19.1. The summed E-state index contributed by atoms with van der Waals surface area (Å²) in [4.78, 5) is 16.6. The van der Waals surface area contributed by atoms with Gasteiger partial charge in [0, 0.05) is 31.9 Å². The lowest BCUT2D eigenvalue weighted by atomic mass is 9.83. The first-order valence-electron chi connectivity index (χ1n) is 8.85. The maximum absolute atomic E-state index is 14.2. The molecule has 0 saturated carbocycles. The Kier molecular flexibility index (Phi) is 4.57. The van der Waals surface area contributed by atoms with Gasteiger partial charge in [0.25, 0.3) is 5.56 Å². The summed E-state index contributed by atoms with van der Waals surface area (Å²) in [5.74, 6) is -0.893. The summed E-state index contributed by atoms with van der Waals surface area (Å²) in [6.07, 6.45) is 0. The van der Waals surface area contributed by atoms with Gasteiger partial charge in [-0.05, 0) is 29.8 Å². The third-order valence-electron chi connectivity index (χ3n) is 5.10. The molecule has 29 heavy (non-hydrogen) atoms. The molecule has 0 bridgehead atoms. The van der Waals surface area contributed by atoms with Crippen LogP contribution in [0.25, 0.3) is 10.8 Å². The number of aromatic nitrogens is 2. The number of aliphatic imine (C=N–C) groups is 1. The Hall–Kier alpha value is -3.62. The Balaban J connectivity index is 2.02. The molecule has 7 nitrogen and oxygen atoms in total. The number of likely N-dealkylation sites (N-methyl/N-ethyl adjacent to an activating group) is 1. The molecule has 0 spiro atoms. The van der Waals surface area contributed by atoms with Crippen molar-refractivity contribution in [3.8, 4) is 0 Å². The molecule has 0 amide bonds. The SMILES string of the molecule is C=NN(C)C(=NC)[C@H]1c2n[nH]c(=O)c3cc(F)cc(c23)N[C@@H]1c1ccc(F)cc1. The van der Waals surface area contributed by atoms with E-state index in [0.29, 0.717) is 22.6 Å². The number of hydrogen-bond acceptors (Lipinski definition) is 5. The minimum absolute atomic E-state index is 0.185. The van der Waals surface area contributed by atoms with E-state index in [0.717, 1.165) is 5.56 Å². The third kappa shape index (κ3) is 3.04. The van der Waals surface area contributed by atoms with Crippen LogP contribution in [0.15, 0.2) is 51.3 Å². The van der Waals surface area contributed by atoms with Gasteiger partial charge in [0.05, 0.1) is 23.0 Å². The molecule has 4 rings (SSSR count). The largest absolute Gasteiger partial charge is 0.376 e. The second-order valence-corrected chi connectivity index (χ2v) is 6.71. The van der Waals surface area contributed by atoms with Crippen molar-refractivity contribution in [2.24, 2.45) is 10.1 Å². The van der Waals surface area contributed by atoms with E-state index in [1.807, 2.05) is 0 Å². The normalized spacial score (nSPS) is 18.4. The fourth-order valence-corrected chi connectivity index (χ4v) is 3.81. The summed E-state index contributed by atoms with van der Waals surface area (Å²) in [5.41, 5.74) is 1.20. The van der Waals surface area contributed by atoms with Gasteiger partial charge in [-0.25, -0.2) is 13.9 Å². The number of hydrazone groups is 1. The van der Waals surface area contributed by atoms with Crippen LogP contribution in [-0.4, -0.2) is 41.9 Å². The maximum Gasteiger partial charge on any atom is 0.272 e. The predicted octanol–water partition coefficient (Wildman–Crippen LogP) is 3.03. The van der Waals surface area contributed by atoms with Crippen LogP contribution in [0.1, 0.15) is 23.2 Å². The molecule has 9 heteroatoms. The van der Waals surface area contributed by atoms with Crippen molar-refractivity contribution in [1.82, 2.24) is 15.2 Å². The first-order valence-corrected chi connectivity index (χ1v) is 8.85.